The summed E-state index contributed by atoms with van der Waals surface area (Å²) >= 11 is 0. The van der Waals surface area contributed by atoms with Crippen molar-refractivity contribution >= 4 is 11.7 Å². The fourth-order valence-corrected chi connectivity index (χ4v) is 2.66. The van der Waals surface area contributed by atoms with E-state index >= 15 is 0 Å². The fraction of sp³-hybridized carbons (Fsp3) is 0.882. The summed E-state index contributed by atoms with van der Waals surface area (Å²) in [5, 5.41) is 3.03. The van der Waals surface area contributed by atoms with Gasteiger partial charge in [0.2, 0.25) is 5.91 Å². The number of nitrogens with two attached hydrogens (primary N) is 1. The van der Waals surface area contributed by atoms with Crippen molar-refractivity contribution in [3.05, 3.63) is 0 Å². The highest BCUT2D eigenvalue weighted by Gasteiger charge is 2.20. The zero-order chi connectivity index (χ0) is 19.0. The Morgan fingerprint density at radius 1 is 0.962 bits per heavy atom. The van der Waals surface area contributed by atoms with Gasteiger partial charge in [-0.2, -0.15) is 0 Å². The van der Waals surface area contributed by atoms with Crippen molar-refractivity contribution in [2.75, 3.05) is 65.9 Å². The number of piperidine rings is 1. The van der Waals surface area contributed by atoms with Crippen molar-refractivity contribution in [2.45, 2.75) is 32.2 Å². The Morgan fingerprint density at radius 2 is 1.50 bits per heavy atom. The van der Waals surface area contributed by atoms with Gasteiger partial charge in [0, 0.05) is 25.6 Å². The van der Waals surface area contributed by atoms with Gasteiger partial charge in [-0.25, -0.2) is 5.90 Å². The van der Waals surface area contributed by atoms with Gasteiger partial charge in [0.25, 0.3) is 0 Å². The van der Waals surface area contributed by atoms with Crippen molar-refractivity contribution in [3.8, 4) is 0 Å². The highest BCUT2D eigenvalue weighted by atomic mass is 16.6. The van der Waals surface area contributed by atoms with Gasteiger partial charge in [0.1, 0.15) is 5.78 Å². The number of nitrogens with one attached hydrogen (secondary N) is 1. The molecule has 0 atom stereocenters. The zero-order valence-electron chi connectivity index (χ0n) is 15.7. The van der Waals surface area contributed by atoms with Crippen LogP contribution in [0.1, 0.15) is 26.2 Å². The third kappa shape index (κ3) is 12.3. The number of likely N-dealkylation sites (tertiary alicyclic amines) is 1. The molecule has 9 heteroatoms. The molecule has 9 nitrogen and oxygen atoms in total. The summed E-state index contributed by atoms with van der Waals surface area (Å²) in [4.78, 5) is 29.5. The number of hydrogen-bond acceptors (Lipinski definition) is 8. The summed E-state index contributed by atoms with van der Waals surface area (Å²) in [5.74, 6) is 5.05. The number of carbonyl (C=O) groups is 2. The molecule has 1 rings (SSSR count). The molecule has 0 bridgehead atoms. The molecule has 0 saturated carbocycles. The van der Waals surface area contributed by atoms with E-state index in [1.54, 1.807) is 6.92 Å². The van der Waals surface area contributed by atoms with Crippen LogP contribution in [0.5, 0.6) is 0 Å². The van der Waals surface area contributed by atoms with Gasteiger partial charge >= 0.3 is 0 Å². The third-order valence-electron chi connectivity index (χ3n) is 3.96. The number of amides is 1. The van der Waals surface area contributed by atoms with E-state index in [1.165, 1.54) is 0 Å². The van der Waals surface area contributed by atoms with Crippen molar-refractivity contribution in [1.82, 2.24) is 10.2 Å². The van der Waals surface area contributed by atoms with Crippen LogP contribution in [0.4, 0.5) is 0 Å². The molecule has 0 aromatic carbocycles. The number of ketones is 1. The molecule has 0 unspecified atom stereocenters. The predicted octanol–water partition coefficient (Wildman–Crippen LogP) is -0.514. The largest absolute Gasteiger partial charge is 0.379 e. The molecule has 1 saturated heterocycles. The number of Topliss-reactive ketones (excluding diaryl/α,β-unsaturated/α-hetero) is 1. The molecule has 0 aromatic heterocycles. The number of ether oxygens (including phenoxy) is 3. The summed E-state index contributed by atoms with van der Waals surface area (Å²) in [5.41, 5.74) is 0. The molecule has 0 spiro atoms. The minimum atomic E-state index is 0.00598. The van der Waals surface area contributed by atoms with E-state index in [4.69, 9.17) is 20.1 Å². The Balaban J connectivity index is 1.89. The molecule has 26 heavy (non-hydrogen) atoms. The zero-order valence-corrected chi connectivity index (χ0v) is 15.7. The van der Waals surface area contributed by atoms with Crippen LogP contribution in [0.25, 0.3) is 0 Å². The van der Waals surface area contributed by atoms with E-state index in [1.807, 2.05) is 0 Å². The lowest BCUT2D eigenvalue weighted by molar-refractivity contribution is -0.124. The van der Waals surface area contributed by atoms with Gasteiger partial charge < -0.3 is 24.4 Å². The van der Waals surface area contributed by atoms with Crippen LogP contribution in [-0.2, 0) is 28.6 Å². The summed E-state index contributed by atoms with van der Waals surface area (Å²) in [6.45, 7) is 6.87. The molecule has 0 radical (unpaired) electrons. The van der Waals surface area contributed by atoms with E-state index in [0.29, 0.717) is 59.2 Å². The molecular formula is C17H33N3O6. The van der Waals surface area contributed by atoms with E-state index < -0.39 is 0 Å². The van der Waals surface area contributed by atoms with E-state index in [9.17, 15) is 9.59 Å². The fourth-order valence-electron chi connectivity index (χ4n) is 2.66. The lowest BCUT2D eigenvalue weighted by atomic mass is 10.0. The van der Waals surface area contributed by atoms with E-state index in [0.717, 1.165) is 25.9 Å². The molecule has 0 aliphatic carbocycles. The van der Waals surface area contributed by atoms with Gasteiger partial charge in [-0.3, -0.25) is 14.5 Å². The average Bonchev–Trinajstić information content (AvgIpc) is 2.61. The van der Waals surface area contributed by atoms with Gasteiger partial charge in [0.05, 0.1) is 52.8 Å². The molecule has 1 heterocycles. The first-order chi connectivity index (χ1) is 12.6. The minimum absolute atomic E-state index is 0.00598. The van der Waals surface area contributed by atoms with Crippen LogP contribution in [0.3, 0.4) is 0 Å². The monoisotopic (exact) mass is 375 g/mol. The smallest absolute Gasteiger partial charge is 0.222 e. The molecule has 1 aliphatic rings. The van der Waals surface area contributed by atoms with Crippen LogP contribution < -0.4 is 11.2 Å². The topological polar surface area (TPSA) is 112 Å². The predicted molar refractivity (Wildman–Crippen MR) is 95.5 cm³/mol. The van der Waals surface area contributed by atoms with Crippen molar-refractivity contribution in [2.24, 2.45) is 5.90 Å². The maximum absolute atomic E-state index is 11.9. The average molecular weight is 375 g/mol. The standard InChI is InChI=1S/C17H33N3O6/c1-15(21)14-20-5-2-16(3-6-20)19-17(22)4-7-23-8-9-24-10-11-25-12-13-26-18/h16H,2-14,18H2,1H3,(H,19,22). The van der Waals surface area contributed by atoms with Gasteiger partial charge in [0.15, 0.2) is 0 Å². The Labute approximate surface area is 155 Å². The second-order valence-electron chi connectivity index (χ2n) is 6.28. The number of carbonyl (C=O) groups excluding carboxylic acids is 2. The van der Waals surface area contributed by atoms with Crippen LogP contribution >= 0.6 is 0 Å². The summed E-state index contributed by atoms with van der Waals surface area (Å²) in [7, 11) is 0. The molecule has 1 aliphatic heterocycles. The molecular weight excluding hydrogens is 342 g/mol. The first kappa shape index (κ1) is 22.9. The maximum atomic E-state index is 11.9. The van der Waals surface area contributed by atoms with Crippen LogP contribution in [-0.4, -0.2) is 88.5 Å². The highest BCUT2D eigenvalue weighted by molar-refractivity contribution is 5.77. The van der Waals surface area contributed by atoms with E-state index in [2.05, 4.69) is 15.1 Å². The lowest BCUT2D eigenvalue weighted by Crippen LogP contribution is -2.45. The van der Waals surface area contributed by atoms with Crippen LogP contribution in [0, 0.1) is 0 Å². The number of hydrogen-bond donors (Lipinski definition) is 2. The van der Waals surface area contributed by atoms with Crippen LogP contribution in [0.15, 0.2) is 0 Å². The number of nitrogens with zero attached hydrogens (tertiary/aromatic N) is 1. The summed E-state index contributed by atoms with van der Waals surface area (Å²) < 4.78 is 15.9. The maximum Gasteiger partial charge on any atom is 0.222 e. The van der Waals surface area contributed by atoms with Gasteiger partial charge in [-0.1, -0.05) is 0 Å². The highest BCUT2D eigenvalue weighted by Crippen LogP contribution is 2.10. The Hall–Kier alpha value is -1.10. The molecule has 0 aromatic rings. The summed E-state index contributed by atoms with van der Waals surface area (Å²) in [6.07, 6.45) is 2.11. The Bertz CT molecular complexity index is 389. The molecule has 3 N–H and O–H groups in total. The molecule has 1 fully saturated rings. The van der Waals surface area contributed by atoms with Crippen molar-refractivity contribution in [3.63, 3.8) is 0 Å². The van der Waals surface area contributed by atoms with E-state index in [-0.39, 0.29) is 17.7 Å². The Morgan fingerprint density at radius 3 is 2.04 bits per heavy atom. The normalized spacial score (nSPS) is 15.9. The quantitative estimate of drug-likeness (QED) is 0.291. The Kier molecular flexibility index (Phi) is 13.2. The lowest BCUT2D eigenvalue weighted by Gasteiger charge is -2.31. The van der Waals surface area contributed by atoms with Crippen molar-refractivity contribution < 1.29 is 28.6 Å². The first-order valence-electron chi connectivity index (χ1n) is 9.18. The number of rotatable bonds is 15. The third-order valence-corrected chi connectivity index (χ3v) is 3.96. The van der Waals surface area contributed by atoms with Gasteiger partial charge in [-0.05, 0) is 19.8 Å². The molecule has 1 amide bonds. The summed E-state index contributed by atoms with van der Waals surface area (Å²) in [6, 6.07) is 0.193. The van der Waals surface area contributed by atoms with Crippen molar-refractivity contribution in [1.29, 1.82) is 0 Å². The second-order valence-corrected chi connectivity index (χ2v) is 6.28. The first-order valence-corrected chi connectivity index (χ1v) is 9.18. The molecule has 152 valence electrons. The second kappa shape index (κ2) is 15.0. The van der Waals surface area contributed by atoms with Crippen LogP contribution in [0.2, 0.25) is 0 Å². The SMILES string of the molecule is CC(=O)CN1CCC(NC(=O)CCOCCOCCOCCON)CC1. The minimum Gasteiger partial charge on any atom is -0.379 e. The van der Waals surface area contributed by atoms with Gasteiger partial charge in [-0.15, -0.1) is 0 Å².